The second-order valence-electron chi connectivity index (χ2n) is 5.05. The Balaban J connectivity index is 2.17. The molecule has 2 aromatic rings. The van der Waals surface area contributed by atoms with E-state index in [9.17, 15) is 13.6 Å². The Morgan fingerprint density at radius 2 is 1.96 bits per heavy atom. The molecule has 0 saturated heterocycles. The minimum atomic E-state index is -2.95. The Labute approximate surface area is 152 Å². The number of thiophene rings is 1. The molecular formula is C16H16F2N2O3S2. The average Bonchev–Trinajstić information content (AvgIpc) is 2.89. The van der Waals surface area contributed by atoms with Crippen LogP contribution in [0.15, 0.2) is 24.3 Å². The maximum Gasteiger partial charge on any atom is 0.387 e. The highest BCUT2D eigenvalue weighted by Crippen LogP contribution is 2.30. The molecule has 0 spiro atoms. The van der Waals surface area contributed by atoms with Crippen molar-refractivity contribution in [3.05, 3.63) is 40.3 Å². The standard InChI is InChI=1S/C16H16F2N2O3S2/c1-8-4-5-11(12(6-8)23-15(17)18)19-16(24)20-13-10(14(21)22-3)7-9(2)25-13/h4-7,15H,1-3H3,(H2,19,20,24). The van der Waals surface area contributed by atoms with Gasteiger partial charge in [-0.15, -0.1) is 11.3 Å². The van der Waals surface area contributed by atoms with Gasteiger partial charge in [-0.3, -0.25) is 0 Å². The first-order chi connectivity index (χ1) is 11.8. The molecule has 0 bridgehead atoms. The van der Waals surface area contributed by atoms with E-state index in [1.165, 1.54) is 24.5 Å². The molecule has 0 amide bonds. The number of hydrogen-bond donors (Lipinski definition) is 2. The fourth-order valence-corrected chi connectivity index (χ4v) is 3.23. The van der Waals surface area contributed by atoms with Crippen LogP contribution in [-0.2, 0) is 4.74 Å². The van der Waals surface area contributed by atoms with Crippen LogP contribution in [0.25, 0.3) is 0 Å². The van der Waals surface area contributed by atoms with Crippen molar-refractivity contribution in [3.63, 3.8) is 0 Å². The van der Waals surface area contributed by atoms with Crippen molar-refractivity contribution in [2.75, 3.05) is 17.7 Å². The molecule has 1 aromatic heterocycles. The number of benzene rings is 1. The molecule has 134 valence electrons. The first-order valence-corrected chi connectivity index (χ1v) is 8.35. The largest absolute Gasteiger partial charge is 0.465 e. The molecule has 0 aliphatic rings. The van der Waals surface area contributed by atoms with Crippen LogP contribution in [0, 0.1) is 13.8 Å². The van der Waals surface area contributed by atoms with Crippen molar-refractivity contribution in [2.45, 2.75) is 20.5 Å². The van der Waals surface area contributed by atoms with Crippen molar-refractivity contribution in [1.29, 1.82) is 0 Å². The van der Waals surface area contributed by atoms with Crippen molar-refractivity contribution in [3.8, 4) is 5.75 Å². The van der Waals surface area contributed by atoms with Gasteiger partial charge in [-0.1, -0.05) is 6.07 Å². The molecule has 0 fully saturated rings. The summed E-state index contributed by atoms with van der Waals surface area (Å²) in [6.07, 6.45) is 0. The molecule has 2 N–H and O–H groups in total. The Kier molecular flexibility index (Phi) is 6.27. The fraction of sp³-hybridized carbons (Fsp3) is 0.250. The maximum absolute atomic E-state index is 12.6. The zero-order valence-electron chi connectivity index (χ0n) is 13.7. The lowest BCUT2D eigenvalue weighted by Gasteiger charge is -2.15. The Bertz CT molecular complexity index is 794. The first kappa shape index (κ1) is 19.1. The van der Waals surface area contributed by atoms with Gasteiger partial charge in [0.1, 0.15) is 10.8 Å². The molecule has 2 rings (SSSR count). The lowest BCUT2D eigenvalue weighted by molar-refractivity contribution is -0.0493. The maximum atomic E-state index is 12.6. The Hall–Kier alpha value is -2.26. The number of anilines is 2. The third kappa shape index (κ3) is 5.10. The molecule has 0 atom stereocenters. The van der Waals surface area contributed by atoms with Gasteiger partial charge in [-0.25, -0.2) is 4.79 Å². The summed E-state index contributed by atoms with van der Waals surface area (Å²) in [7, 11) is 1.29. The SMILES string of the molecule is COC(=O)c1cc(C)sc1NC(=S)Nc1ccc(C)cc1OC(F)F. The van der Waals surface area contributed by atoms with E-state index in [2.05, 4.69) is 15.4 Å². The molecule has 0 aliphatic carbocycles. The lowest BCUT2D eigenvalue weighted by Crippen LogP contribution is -2.20. The van der Waals surface area contributed by atoms with Crippen molar-refractivity contribution < 1.29 is 23.0 Å². The van der Waals surface area contributed by atoms with Gasteiger partial charge in [0.15, 0.2) is 5.11 Å². The molecule has 0 radical (unpaired) electrons. The summed E-state index contributed by atoms with van der Waals surface area (Å²) in [6, 6.07) is 6.48. The Morgan fingerprint density at radius 3 is 2.60 bits per heavy atom. The van der Waals surface area contributed by atoms with Gasteiger partial charge in [-0.2, -0.15) is 8.78 Å². The molecule has 1 heterocycles. The quantitative estimate of drug-likeness (QED) is 0.580. The van der Waals surface area contributed by atoms with Gasteiger partial charge < -0.3 is 20.1 Å². The Morgan fingerprint density at radius 1 is 1.24 bits per heavy atom. The van der Waals surface area contributed by atoms with Crippen LogP contribution >= 0.6 is 23.6 Å². The summed E-state index contributed by atoms with van der Waals surface area (Å²) in [5.74, 6) is -0.513. The third-order valence-electron chi connectivity index (χ3n) is 3.09. The molecular weight excluding hydrogens is 370 g/mol. The van der Waals surface area contributed by atoms with Gasteiger partial charge in [0.25, 0.3) is 0 Å². The van der Waals surface area contributed by atoms with E-state index in [1.807, 2.05) is 6.92 Å². The number of carbonyl (C=O) groups excluding carboxylic acids is 1. The molecule has 1 aromatic carbocycles. The molecule has 9 heteroatoms. The summed E-state index contributed by atoms with van der Waals surface area (Å²) in [6.45, 7) is 0.651. The van der Waals surface area contributed by atoms with Crippen molar-refractivity contribution >= 4 is 45.3 Å². The van der Waals surface area contributed by atoms with Gasteiger partial charge in [-0.05, 0) is 49.8 Å². The van der Waals surface area contributed by atoms with E-state index in [0.717, 1.165) is 10.4 Å². The summed E-state index contributed by atoms with van der Waals surface area (Å²) in [4.78, 5) is 12.7. The minimum Gasteiger partial charge on any atom is -0.465 e. The number of hydrogen-bond acceptors (Lipinski definition) is 5. The van der Waals surface area contributed by atoms with E-state index in [-0.39, 0.29) is 16.5 Å². The van der Waals surface area contributed by atoms with Crippen LogP contribution < -0.4 is 15.4 Å². The van der Waals surface area contributed by atoms with Crippen LogP contribution in [-0.4, -0.2) is 24.8 Å². The van der Waals surface area contributed by atoms with Crippen molar-refractivity contribution in [2.24, 2.45) is 0 Å². The van der Waals surface area contributed by atoms with Gasteiger partial charge in [0.2, 0.25) is 0 Å². The van der Waals surface area contributed by atoms with Crippen LogP contribution in [0.4, 0.5) is 19.5 Å². The molecule has 0 unspecified atom stereocenters. The predicted octanol–water partition coefficient (Wildman–Crippen LogP) is 4.56. The highest BCUT2D eigenvalue weighted by Gasteiger charge is 2.17. The molecule has 0 saturated carbocycles. The van der Waals surface area contributed by atoms with E-state index >= 15 is 0 Å². The van der Waals surface area contributed by atoms with Gasteiger partial charge in [0, 0.05) is 4.88 Å². The second-order valence-corrected chi connectivity index (χ2v) is 6.71. The normalized spacial score (nSPS) is 10.5. The lowest BCUT2D eigenvalue weighted by atomic mass is 10.2. The number of carbonyl (C=O) groups is 1. The predicted molar refractivity (Wildman–Crippen MR) is 98.0 cm³/mol. The molecule has 25 heavy (non-hydrogen) atoms. The summed E-state index contributed by atoms with van der Waals surface area (Å²) < 4.78 is 34.3. The number of esters is 1. The topological polar surface area (TPSA) is 59.6 Å². The molecule has 5 nitrogen and oxygen atoms in total. The zero-order chi connectivity index (χ0) is 18.6. The number of alkyl halides is 2. The summed E-state index contributed by atoms with van der Waals surface area (Å²) >= 11 is 6.53. The van der Waals surface area contributed by atoms with E-state index in [4.69, 9.17) is 17.0 Å². The monoisotopic (exact) mass is 386 g/mol. The number of rotatable bonds is 5. The minimum absolute atomic E-state index is 0.0188. The summed E-state index contributed by atoms with van der Waals surface area (Å²) in [5.41, 5.74) is 1.40. The highest BCUT2D eigenvalue weighted by molar-refractivity contribution is 7.80. The number of aryl methyl sites for hydroxylation is 2. The number of thiocarbonyl (C=S) groups is 1. The van der Waals surface area contributed by atoms with E-state index in [0.29, 0.717) is 10.6 Å². The van der Waals surface area contributed by atoms with Crippen molar-refractivity contribution in [1.82, 2.24) is 0 Å². The van der Waals surface area contributed by atoms with E-state index < -0.39 is 12.6 Å². The number of halogens is 2. The van der Waals surface area contributed by atoms with E-state index in [1.54, 1.807) is 25.1 Å². The first-order valence-electron chi connectivity index (χ1n) is 7.12. The van der Waals surface area contributed by atoms with Crippen LogP contribution in [0.3, 0.4) is 0 Å². The molecule has 0 aliphatic heterocycles. The third-order valence-corrected chi connectivity index (χ3v) is 4.26. The average molecular weight is 386 g/mol. The van der Waals surface area contributed by atoms with Crippen LogP contribution in [0.1, 0.15) is 20.8 Å². The smallest absolute Gasteiger partial charge is 0.387 e. The number of nitrogens with one attached hydrogen (secondary N) is 2. The van der Waals surface area contributed by atoms with Crippen LogP contribution in [0.2, 0.25) is 0 Å². The summed E-state index contributed by atoms with van der Waals surface area (Å²) in [5, 5.41) is 6.33. The second kappa shape index (κ2) is 8.21. The number of methoxy groups -OCH3 is 1. The van der Waals surface area contributed by atoms with Gasteiger partial charge in [0.05, 0.1) is 18.4 Å². The van der Waals surface area contributed by atoms with Gasteiger partial charge >= 0.3 is 12.6 Å². The van der Waals surface area contributed by atoms with Crippen LogP contribution in [0.5, 0.6) is 5.75 Å². The number of ether oxygens (including phenoxy) is 2. The zero-order valence-corrected chi connectivity index (χ0v) is 15.3. The fourth-order valence-electron chi connectivity index (χ4n) is 2.05. The highest BCUT2D eigenvalue weighted by atomic mass is 32.1.